The second-order valence-corrected chi connectivity index (χ2v) is 39.7. The Hall–Kier alpha value is -12.0. The third-order valence-electron chi connectivity index (χ3n) is 30.1. The van der Waals surface area contributed by atoms with Gasteiger partial charge in [0.2, 0.25) is 130 Å². The van der Waals surface area contributed by atoms with Gasteiger partial charge in [-0.15, -0.1) is 0 Å². The van der Waals surface area contributed by atoms with Crippen LogP contribution in [0, 0.1) is 0 Å². The van der Waals surface area contributed by atoms with Crippen LogP contribution >= 0.6 is 0 Å². The summed E-state index contributed by atoms with van der Waals surface area (Å²) in [6.45, 7) is -3.94. The number of primary amides is 1. The molecule has 14 aliphatic rings. The average Bonchev–Trinajstić information content (AvgIpc) is 1.66. The zero-order chi connectivity index (χ0) is 102. The van der Waals surface area contributed by atoms with E-state index in [4.69, 9.17) is 11.5 Å². The van der Waals surface area contributed by atoms with Gasteiger partial charge in [0.1, 0.15) is 84.6 Å². The number of amides is 22. The molecule has 14 saturated heterocycles. The summed E-state index contributed by atoms with van der Waals surface area (Å²) in [6, 6.07) is -17.6. The largest absolute Gasteiger partial charge is 0.391 e. The first kappa shape index (κ1) is 106. The molecule has 0 aromatic rings. The molecule has 142 heavy (non-hydrogen) atoms. The zero-order valence-electron chi connectivity index (χ0n) is 79.5. The van der Waals surface area contributed by atoms with E-state index in [-0.39, 0.29) is 174 Å². The van der Waals surface area contributed by atoms with Gasteiger partial charge in [0, 0.05) is 137 Å². The van der Waals surface area contributed by atoms with Crippen molar-refractivity contribution in [2.24, 2.45) is 11.5 Å². The molecule has 14 rings (SSSR count). The summed E-state index contributed by atoms with van der Waals surface area (Å²) < 4.78 is 0. The van der Waals surface area contributed by atoms with Crippen LogP contribution in [-0.2, 0) is 105 Å². The number of carbonyl (C=O) groups is 22. The Morgan fingerprint density at radius 3 is 0.577 bits per heavy atom. The predicted octanol–water partition coefficient (Wildman–Crippen LogP) is -13.5. The first-order valence-electron chi connectivity index (χ1n) is 49.7. The summed E-state index contributed by atoms with van der Waals surface area (Å²) in [6.07, 6.45) is -4.10. The van der Waals surface area contributed by atoms with E-state index >= 15 is 0 Å². The molecular weight excluding hydrogens is 1870 g/mol. The van der Waals surface area contributed by atoms with Crippen molar-refractivity contribution in [3.05, 3.63) is 0 Å². The minimum atomic E-state index is -1.36. The Morgan fingerprint density at radius 1 is 0.246 bits per heavy atom. The number of aliphatic hydroxyl groups excluding tert-OH is 7. The molecule has 52 nitrogen and oxygen atoms in total. The van der Waals surface area contributed by atoms with Crippen molar-refractivity contribution in [1.29, 1.82) is 0 Å². The van der Waals surface area contributed by atoms with Gasteiger partial charge in [-0.3, -0.25) is 105 Å². The molecule has 52 heteroatoms. The molecule has 18 N–H and O–H groups in total. The number of likely N-dealkylation sites (tertiary alicyclic amines) is 14. The van der Waals surface area contributed by atoms with Crippen LogP contribution < -0.4 is 48.7 Å². The van der Waals surface area contributed by atoms with Gasteiger partial charge in [-0.2, -0.15) is 0 Å². The lowest BCUT2D eigenvalue weighted by Crippen LogP contribution is -2.57. The van der Waals surface area contributed by atoms with Crippen molar-refractivity contribution in [1.82, 2.24) is 106 Å². The van der Waals surface area contributed by atoms with Crippen molar-refractivity contribution in [3.8, 4) is 0 Å². The van der Waals surface area contributed by atoms with Crippen LogP contribution in [0.1, 0.15) is 161 Å². The van der Waals surface area contributed by atoms with Crippen molar-refractivity contribution in [2.45, 2.75) is 294 Å². The summed E-state index contributed by atoms with van der Waals surface area (Å²) in [5, 5.41) is 93.1. The van der Waals surface area contributed by atoms with E-state index in [1.54, 1.807) is 0 Å². The number of hydrogen-bond acceptors (Lipinski definition) is 30. The highest BCUT2D eigenvalue weighted by atomic mass is 16.3. The van der Waals surface area contributed by atoms with Crippen LogP contribution in [0.2, 0.25) is 0 Å². The Bertz CT molecular complexity index is 4800. The Kier molecular flexibility index (Phi) is 34.4. The molecule has 0 spiro atoms. The van der Waals surface area contributed by atoms with E-state index in [1.165, 1.54) is 39.2 Å². The number of carbonyl (C=O) groups excluding carboxylic acids is 22. The average molecular weight is 2000 g/mol. The summed E-state index contributed by atoms with van der Waals surface area (Å²) in [5.74, 6) is -15.8. The van der Waals surface area contributed by atoms with Crippen LogP contribution in [-0.4, -0.2) is 505 Å². The normalized spacial score (nSPS) is 30.4. The fourth-order valence-corrected chi connectivity index (χ4v) is 23.0. The highest BCUT2D eigenvalue weighted by molar-refractivity contribution is 6.03. The first-order chi connectivity index (χ1) is 67.7. The smallest absolute Gasteiger partial charge is 0.246 e. The molecule has 14 heterocycles. The minimum Gasteiger partial charge on any atom is -0.391 e. The number of nitrogens with one attached hydrogen (secondary N) is 7. The topological polar surface area (TPSA) is 699 Å². The van der Waals surface area contributed by atoms with E-state index in [2.05, 4.69) is 37.2 Å². The highest BCUT2D eigenvalue weighted by Crippen LogP contribution is 2.36. The van der Waals surface area contributed by atoms with Crippen molar-refractivity contribution in [3.63, 3.8) is 0 Å². The van der Waals surface area contributed by atoms with E-state index in [9.17, 15) is 141 Å². The minimum absolute atomic E-state index is 0.0249. The molecule has 0 unspecified atom stereocenters. The molecule has 22 atom stereocenters. The number of β-amino-alcohol motifs (C(OH)–C–C–N with tert-alkyl or cyclic N) is 7. The molecular formula is C90H133N23O29. The number of hydrogen-bond donors (Lipinski definition) is 16. The van der Waals surface area contributed by atoms with Crippen LogP contribution in [0.4, 0.5) is 0 Å². The molecule has 0 aliphatic carbocycles. The third kappa shape index (κ3) is 23.4. The standard InChI is InChI=1S/C90H133N23O29/c1-2-3-11-54(91)83(135)106-25-10-18-61(106)90(142)113-46-53(120)32-68(113)82(134)99-39-75(127)105-24-9-17-60(105)89(141)112-45-52(119)31-67(112)81(133)98-38-74(126)104-23-8-16-59(104)88(140)111-44-51(118)30-66(111)80(132)97-37-73(125)103-22-7-15-58(103)87(139)110-43-50(117)29-65(110)79(131)96-36-72(124)102-21-6-14-57(102)86(138)109-42-49(116)28-64(109)78(130)95-35-71(123)101-20-5-13-56(101)85(137)108-41-48(115)27-63(108)77(129)94-34-70(122)100-19-4-12-55(100)84(136)107-40-47(114)26-62(107)76(128)93-33-69(92)121/h47-68,114-120H,2-46,91H2,1H3,(H2,92,121)(H,93,128)(H,94,129)(H,95,130)(H,96,131)(H,97,132)(H,98,133)(H,99,134)/t47-,48-,49-,50-,51-,52-,53-,54+,55+,56+,57+,58+,59+,60+,61+,62+,63+,64+,65+,66+,67+,68+/m1/s1. The number of rotatable bonds is 32. The summed E-state index contributed by atoms with van der Waals surface area (Å²) in [4.78, 5) is 322. The van der Waals surface area contributed by atoms with Crippen molar-refractivity contribution >= 4 is 130 Å². The Morgan fingerprint density at radius 2 is 0.408 bits per heavy atom. The SMILES string of the molecule is CCCC[C@H](N)C(=O)N1CCC[C@H]1C(=O)N1C[C@H](O)C[C@H]1C(=O)NCC(=O)N1CCC[C@H]1C(=O)N1C[C@H](O)C[C@H]1C(=O)NCC(=O)N1CCC[C@H]1C(=O)N1C[C@H](O)C[C@H]1C(=O)NCC(=O)N1CCC[C@H]1C(=O)N1C[C@H](O)C[C@H]1C(=O)NCC(=O)N1CCC[C@H]1C(=O)N1C[C@H](O)C[C@H]1C(=O)NCC(=O)N1CCC[C@H]1C(=O)N1C[C@H](O)C[C@H]1C(=O)NCC(=O)N1CCC[C@H]1C(=O)N1C[C@H](O)C[C@H]1C(=O)NCC(N)=O. The van der Waals surface area contributed by atoms with Crippen molar-refractivity contribution < 1.29 is 141 Å². The van der Waals surface area contributed by atoms with Crippen LogP contribution in [0.15, 0.2) is 0 Å². The molecule has 0 radical (unpaired) electrons. The monoisotopic (exact) mass is 2000 g/mol. The highest BCUT2D eigenvalue weighted by Gasteiger charge is 2.55. The van der Waals surface area contributed by atoms with Gasteiger partial charge in [-0.1, -0.05) is 19.8 Å². The Labute approximate surface area is 816 Å². The maximum atomic E-state index is 14.5. The second-order valence-electron chi connectivity index (χ2n) is 39.7. The molecule has 0 aromatic heterocycles. The molecule has 782 valence electrons. The fraction of sp³-hybridized carbons (Fsp3) is 0.756. The van der Waals surface area contributed by atoms with E-state index in [1.807, 2.05) is 6.92 Å². The van der Waals surface area contributed by atoms with E-state index in [0.717, 1.165) is 35.8 Å². The van der Waals surface area contributed by atoms with Crippen LogP contribution in [0.25, 0.3) is 0 Å². The van der Waals surface area contributed by atoms with Gasteiger partial charge >= 0.3 is 0 Å². The van der Waals surface area contributed by atoms with Gasteiger partial charge in [0.05, 0.1) is 94.6 Å². The maximum absolute atomic E-state index is 14.5. The van der Waals surface area contributed by atoms with Gasteiger partial charge in [-0.05, 0) is 96.3 Å². The lowest BCUT2D eigenvalue weighted by atomic mass is 10.1. The van der Waals surface area contributed by atoms with Gasteiger partial charge in [-0.25, -0.2) is 0 Å². The zero-order valence-corrected chi connectivity index (χ0v) is 79.5. The van der Waals surface area contributed by atoms with Gasteiger partial charge < -0.3 is 153 Å². The maximum Gasteiger partial charge on any atom is 0.246 e. The van der Waals surface area contributed by atoms with Crippen molar-refractivity contribution in [2.75, 3.05) is 137 Å². The predicted molar refractivity (Wildman–Crippen MR) is 484 cm³/mol. The lowest BCUT2D eigenvalue weighted by Gasteiger charge is -2.32. The molecule has 0 bridgehead atoms. The molecule has 0 saturated carbocycles. The first-order valence-corrected chi connectivity index (χ1v) is 49.7. The third-order valence-corrected chi connectivity index (χ3v) is 30.1. The summed E-state index contributed by atoms with van der Waals surface area (Å²) in [5.41, 5.74) is 11.4. The number of unbranched alkanes of at least 4 members (excludes halogenated alkanes) is 1. The molecule has 14 aliphatic heterocycles. The number of aliphatic hydroxyl groups is 7. The fourth-order valence-electron chi connectivity index (χ4n) is 23.0. The molecule has 14 fully saturated rings. The quantitative estimate of drug-likeness (QED) is 0.0297. The second kappa shape index (κ2) is 46.2. The van der Waals surface area contributed by atoms with Crippen LogP contribution in [0.5, 0.6) is 0 Å². The summed E-state index contributed by atoms with van der Waals surface area (Å²) in [7, 11) is 0. The molecule has 0 aromatic carbocycles. The van der Waals surface area contributed by atoms with Gasteiger partial charge in [0.25, 0.3) is 0 Å². The summed E-state index contributed by atoms with van der Waals surface area (Å²) >= 11 is 0. The van der Waals surface area contributed by atoms with E-state index < -0.39 is 303 Å². The van der Waals surface area contributed by atoms with Gasteiger partial charge in [0.15, 0.2) is 0 Å². The number of nitrogens with zero attached hydrogens (tertiary/aromatic N) is 14. The Balaban J connectivity index is 0.505. The van der Waals surface area contributed by atoms with E-state index in [0.29, 0.717) is 70.8 Å². The molecule has 22 amide bonds. The van der Waals surface area contributed by atoms with Crippen LogP contribution in [0.3, 0.4) is 0 Å². The number of nitrogens with two attached hydrogens (primary N) is 2. The lowest BCUT2D eigenvalue weighted by molar-refractivity contribution is -0.148.